The van der Waals surface area contributed by atoms with Gasteiger partial charge in [0.25, 0.3) is 0 Å². The van der Waals surface area contributed by atoms with Crippen LogP contribution >= 0.6 is 15.9 Å². The lowest BCUT2D eigenvalue weighted by Crippen LogP contribution is -2.50. The summed E-state index contributed by atoms with van der Waals surface area (Å²) < 4.78 is 35.2. The average molecular weight is 391 g/mol. The summed E-state index contributed by atoms with van der Waals surface area (Å²) >= 11 is 3.19. The van der Waals surface area contributed by atoms with Gasteiger partial charge in [-0.3, -0.25) is 0 Å². The van der Waals surface area contributed by atoms with Gasteiger partial charge in [0.1, 0.15) is 11.3 Å². The van der Waals surface area contributed by atoms with Gasteiger partial charge in [-0.1, -0.05) is 6.92 Å². The fraction of sp³-hybridized carbons (Fsp3) is 0.625. The summed E-state index contributed by atoms with van der Waals surface area (Å²) in [5.41, 5.74) is -2.53. The normalized spacial score (nSPS) is 25.3. The van der Waals surface area contributed by atoms with Gasteiger partial charge in [0.2, 0.25) is 5.95 Å². The van der Waals surface area contributed by atoms with Crippen LogP contribution in [0.3, 0.4) is 0 Å². The third kappa shape index (κ3) is 4.00. The number of carbonyl (C=O) groups is 1. The zero-order chi connectivity index (χ0) is 17.4. The quantitative estimate of drug-likeness (QED) is 0.666. The van der Waals surface area contributed by atoms with Crippen LogP contribution in [0.25, 0.3) is 0 Å². The molecule has 4 nitrogen and oxygen atoms in total. The molecule has 0 spiro atoms. The monoisotopic (exact) mass is 390 g/mol. The number of alkyl halides is 1. The van der Waals surface area contributed by atoms with E-state index in [1.54, 1.807) is 27.7 Å². The van der Waals surface area contributed by atoms with E-state index in [0.717, 1.165) is 0 Å². The van der Waals surface area contributed by atoms with E-state index < -0.39 is 29.2 Å². The molecule has 2 heterocycles. The van der Waals surface area contributed by atoms with Gasteiger partial charge in [-0.05, 0) is 42.8 Å². The standard InChI is InChI=1S/C16H21BrF2N2O2/c1-10-9-21(14(22)23-15(2,3)4)6-5-16(10,19)12-7-11(17)8-20-13(12)18/h7-8,10H,5-6,9H2,1-4H3/t10-,16+/m0/s1. The van der Waals surface area contributed by atoms with Crippen molar-refractivity contribution in [3.8, 4) is 0 Å². The third-order valence-corrected chi connectivity index (χ3v) is 4.36. The van der Waals surface area contributed by atoms with Crippen molar-refractivity contribution in [2.45, 2.75) is 45.4 Å². The van der Waals surface area contributed by atoms with Gasteiger partial charge in [0, 0.05) is 41.7 Å². The zero-order valence-corrected chi connectivity index (χ0v) is 15.3. The van der Waals surface area contributed by atoms with Crippen molar-refractivity contribution >= 4 is 22.0 Å². The number of pyridine rings is 1. The molecule has 0 bridgehead atoms. The van der Waals surface area contributed by atoms with Crippen molar-refractivity contribution in [2.24, 2.45) is 5.92 Å². The first-order valence-electron chi connectivity index (χ1n) is 7.51. The number of carbonyl (C=O) groups excluding carboxylic acids is 1. The summed E-state index contributed by atoms with van der Waals surface area (Å²) in [7, 11) is 0. The first-order valence-corrected chi connectivity index (χ1v) is 8.30. The van der Waals surface area contributed by atoms with E-state index >= 15 is 4.39 Å². The van der Waals surface area contributed by atoms with E-state index in [9.17, 15) is 9.18 Å². The van der Waals surface area contributed by atoms with Gasteiger partial charge >= 0.3 is 6.09 Å². The van der Waals surface area contributed by atoms with Crippen LogP contribution in [0.4, 0.5) is 13.6 Å². The predicted octanol–water partition coefficient (Wildman–Crippen LogP) is 4.42. The van der Waals surface area contributed by atoms with Crippen LogP contribution in [0.5, 0.6) is 0 Å². The molecule has 1 aliphatic heterocycles. The Balaban J connectivity index is 2.17. The largest absolute Gasteiger partial charge is 0.444 e. The molecule has 1 amide bonds. The second-order valence-electron chi connectivity index (χ2n) is 6.93. The first-order chi connectivity index (χ1) is 10.5. The molecule has 23 heavy (non-hydrogen) atoms. The predicted molar refractivity (Wildman–Crippen MR) is 86.3 cm³/mol. The Morgan fingerprint density at radius 1 is 1.52 bits per heavy atom. The highest BCUT2D eigenvalue weighted by Gasteiger charge is 2.46. The number of ether oxygens (including phenoxy) is 1. The average Bonchev–Trinajstić information content (AvgIpc) is 2.42. The zero-order valence-electron chi connectivity index (χ0n) is 13.7. The molecule has 0 N–H and O–H groups in total. The van der Waals surface area contributed by atoms with Gasteiger partial charge in [0.15, 0.2) is 0 Å². The molecule has 1 saturated heterocycles. The lowest BCUT2D eigenvalue weighted by atomic mass is 9.79. The number of halogens is 3. The first kappa shape index (κ1) is 18.1. The van der Waals surface area contributed by atoms with Gasteiger partial charge in [-0.25, -0.2) is 14.2 Å². The number of aromatic nitrogens is 1. The van der Waals surface area contributed by atoms with E-state index in [2.05, 4.69) is 20.9 Å². The summed E-state index contributed by atoms with van der Waals surface area (Å²) in [4.78, 5) is 17.2. The number of piperidine rings is 1. The number of rotatable bonds is 1. The number of amides is 1. The molecule has 1 fully saturated rings. The van der Waals surface area contributed by atoms with Crippen LogP contribution in [0, 0.1) is 11.9 Å². The number of hydrogen-bond acceptors (Lipinski definition) is 3. The Labute approximate surface area is 143 Å². The molecule has 0 aliphatic carbocycles. The summed E-state index contributed by atoms with van der Waals surface area (Å²) in [5, 5.41) is 0. The van der Waals surface area contributed by atoms with Gasteiger partial charge in [-0.2, -0.15) is 4.39 Å². The summed E-state index contributed by atoms with van der Waals surface area (Å²) in [5.74, 6) is -1.39. The Morgan fingerprint density at radius 3 is 2.74 bits per heavy atom. The Hall–Kier alpha value is -1.24. The van der Waals surface area contributed by atoms with E-state index in [4.69, 9.17) is 4.74 Å². The Bertz CT molecular complexity index is 606. The van der Waals surface area contributed by atoms with Gasteiger partial charge in [-0.15, -0.1) is 0 Å². The van der Waals surface area contributed by atoms with Gasteiger partial charge in [0.05, 0.1) is 0 Å². The van der Waals surface area contributed by atoms with E-state index in [0.29, 0.717) is 4.47 Å². The fourth-order valence-corrected chi connectivity index (χ4v) is 3.05. The molecule has 2 rings (SSSR count). The van der Waals surface area contributed by atoms with Crippen molar-refractivity contribution in [2.75, 3.05) is 13.1 Å². The molecule has 0 radical (unpaired) electrons. The lowest BCUT2D eigenvalue weighted by Gasteiger charge is -2.41. The van der Waals surface area contributed by atoms with Crippen LogP contribution < -0.4 is 0 Å². The van der Waals surface area contributed by atoms with E-state index in [-0.39, 0.29) is 25.1 Å². The van der Waals surface area contributed by atoms with Crippen LogP contribution in [0.15, 0.2) is 16.7 Å². The highest BCUT2D eigenvalue weighted by molar-refractivity contribution is 9.10. The van der Waals surface area contributed by atoms with Crippen molar-refractivity contribution in [1.82, 2.24) is 9.88 Å². The topological polar surface area (TPSA) is 42.4 Å². The van der Waals surface area contributed by atoms with E-state index in [1.165, 1.54) is 17.2 Å². The molecule has 7 heteroatoms. The van der Waals surface area contributed by atoms with Crippen LogP contribution in [-0.2, 0) is 10.4 Å². The van der Waals surface area contributed by atoms with Gasteiger partial charge < -0.3 is 9.64 Å². The Morgan fingerprint density at radius 2 is 2.17 bits per heavy atom. The lowest BCUT2D eigenvalue weighted by molar-refractivity contribution is -0.0232. The molecule has 2 atom stereocenters. The molecular weight excluding hydrogens is 370 g/mol. The molecule has 1 aliphatic rings. The maximum atomic E-state index is 15.4. The van der Waals surface area contributed by atoms with Crippen molar-refractivity contribution < 1.29 is 18.3 Å². The maximum Gasteiger partial charge on any atom is 0.410 e. The minimum absolute atomic E-state index is 0.00244. The molecule has 0 unspecified atom stereocenters. The second-order valence-corrected chi connectivity index (χ2v) is 7.85. The number of hydrogen-bond donors (Lipinski definition) is 0. The highest BCUT2D eigenvalue weighted by Crippen LogP contribution is 2.42. The molecule has 1 aromatic rings. The SMILES string of the molecule is C[C@H]1CN(C(=O)OC(C)(C)C)CC[C@]1(F)c1cc(Br)cnc1F. The fourth-order valence-electron chi connectivity index (χ4n) is 2.72. The molecular formula is C16H21BrF2N2O2. The van der Waals surface area contributed by atoms with Crippen molar-refractivity contribution in [3.05, 3.63) is 28.2 Å². The minimum atomic E-state index is -1.86. The summed E-state index contributed by atoms with van der Waals surface area (Å²) in [6.07, 6.45) is 0.824. The maximum absolute atomic E-state index is 15.4. The third-order valence-electron chi connectivity index (χ3n) is 3.93. The van der Waals surface area contributed by atoms with Crippen molar-refractivity contribution in [1.29, 1.82) is 0 Å². The van der Waals surface area contributed by atoms with Crippen molar-refractivity contribution in [3.63, 3.8) is 0 Å². The molecule has 1 aromatic heterocycles. The second kappa shape index (κ2) is 6.34. The summed E-state index contributed by atoms with van der Waals surface area (Å²) in [6, 6.07) is 1.42. The van der Waals surface area contributed by atoms with Crippen LogP contribution in [0.1, 0.15) is 39.7 Å². The number of nitrogens with zero attached hydrogens (tertiary/aromatic N) is 2. The molecule has 128 valence electrons. The molecule has 0 aromatic carbocycles. The van der Waals surface area contributed by atoms with Crippen LogP contribution in [0.2, 0.25) is 0 Å². The Kier molecular flexibility index (Phi) is 4.99. The smallest absolute Gasteiger partial charge is 0.410 e. The summed E-state index contributed by atoms with van der Waals surface area (Å²) in [6.45, 7) is 7.33. The molecule has 0 saturated carbocycles. The van der Waals surface area contributed by atoms with Crippen LogP contribution in [-0.4, -0.2) is 34.7 Å². The van der Waals surface area contributed by atoms with E-state index in [1.807, 2.05) is 0 Å². The number of likely N-dealkylation sites (tertiary alicyclic amines) is 1. The highest BCUT2D eigenvalue weighted by atomic mass is 79.9. The minimum Gasteiger partial charge on any atom is -0.444 e.